The third-order valence-corrected chi connectivity index (χ3v) is 6.13. The van der Waals surface area contributed by atoms with Crippen LogP contribution in [0.3, 0.4) is 0 Å². The van der Waals surface area contributed by atoms with Crippen molar-refractivity contribution < 1.29 is 19.1 Å². The number of ether oxygens (including phenoxy) is 1. The summed E-state index contributed by atoms with van der Waals surface area (Å²) in [6.07, 6.45) is 3.06. The first-order valence-electron chi connectivity index (χ1n) is 9.66. The molecule has 0 bridgehead atoms. The summed E-state index contributed by atoms with van der Waals surface area (Å²) < 4.78 is 6.09. The van der Waals surface area contributed by atoms with Gasteiger partial charge in [0.25, 0.3) is 5.91 Å². The van der Waals surface area contributed by atoms with E-state index in [1.807, 2.05) is 38.1 Å². The molecule has 1 N–H and O–H groups in total. The van der Waals surface area contributed by atoms with Crippen LogP contribution in [0.4, 0.5) is 5.00 Å². The van der Waals surface area contributed by atoms with Gasteiger partial charge < -0.3 is 15.0 Å². The lowest BCUT2D eigenvalue weighted by molar-refractivity contribution is -0.111. The average molecular weight is 493 g/mol. The molecule has 0 aliphatic heterocycles. The second-order valence-electron chi connectivity index (χ2n) is 6.33. The van der Waals surface area contributed by atoms with Gasteiger partial charge in [0.2, 0.25) is 5.91 Å². The number of anilines is 1. The van der Waals surface area contributed by atoms with Gasteiger partial charge in [-0.05, 0) is 57.0 Å². The molecule has 6 nitrogen and oxygen atoms in total. The molecule has 2 rings (SSSR count). The number of esters is 1. The molecule has 0 fully saturated rings. The maximum absolute atomic E-state index is 12.9. The van der Waals surface area contributed by atoms with E-state index in [0.717, 1.165) is 21.4 Å². The zero-order valence-corrected chi connectivity index (χ0v) is 19.9. The summed E-state index contributed by atoms with van der Waals surface area (Å²) in [4.78, 5) is 39.9. The third kappa shape index (κ3) is 5.79. The smallest absolute Gasteiger partial charge is 0.341 e. The molecular weight excluding hydrogens is 468 g/mol. The van der Waals surface area contributed by atoms with E-state index in [0.29, 0.717) is 28.5 Å². The SMILES string of the molecule is CCOC(=O)c1c(NC(=O)/C=C/c2ccc(Br)cc2)sc(C(=O)N(CC)CC)c1C. The van der Waals surface area contributed by atoms with E-state index in [9.17, 15) is 14.4 Å². The topological polar surface area (TPSA) is 75.7 Å². The molecule has 0 saturated heterocycles. The lowest BCUT2D eigenvalue weighted by Crippen LogP contribution is -2.30. The molecule has 2 aromatic rings. The Balaban J connectivity index is 2.33. The third-order valence-electron chi connectivity index (χ3n) is 4.41. The standard InChI is InChI=1S/C22H25BrN2O4S/c1-5-25(6-2)21(27)19-14(4)18(22(28)29-7-3)20(30-19)24-17(26)13-10-15-8-11-16(23)12-9-15/h8-13H,5-7H2,1-4H3,(H,24,26)/b13-10+. The predicted octanol–water partition coefficient (Wildman–Crippen LogP) is 5.13. The van der Waals surface area contributed by atoms with E-state index >= 15 is 0 Å². The Morgan fingerprint density at radius 3 is 2.33 bits per heavy atom. The number of halogens is 1. The number of nitrogens with one attached hydrogen (secondary N) is 1. The lowest BCUT2D eigenvalue weighted by atomic mass is 10.1. The van der Waals surface area contributed by atoms with Gasteiger partial charge in [0.1, 0.15) is 5.00 Å². The summed E-state index contributed by atoms with van der Waals surface area (Å²) in [6, 6.07) is 7.50. The maximum atomic E-state index is 12.9. The van der Waals surface area contributed by atoms with Crippen molar-refractivity contribution in [3.63, 3.8) is 0 Å². The van der Waals surface area contributed by atoms with Gasteiger partial charge in [0.15, 0.2) is 0 Å². The van der Waals surface area contributed by atoms with E-state index in [2.05, 4.69) is 21.2 Å². The van der Waals surface area contributed by atoms with Crippen molar-refractivity contribution in [2.24, 2.45) is 0 Å². The van der Waals surface area contributed by atoms with Gasteiger partial charge in [-0.25, -0.2) is 4.79 Å². The molecular formula is C22H25BrN2O4S. The van der Waals surface area contributed by atoms with Crippen molar-refractivity contribution in [2.45, 2.75) is 27.7 Å². The fourth-order valence-electron chi connectivity index (χ4n) is 2.81. The minimum absolute atomic E-state index is 0.168. The molecule has 30 heavy (non-hydrogen) atoms. The quantitative estimate of drug-likeness (QED) is 0.409. The van der Waals surface area contributed by atoms with E-state index in [-0.39, 0.29) is 18.1 Å². The van der Waals surface area contributed by atoms with Gasteiger partial charge in [0.05, 0.1) is 17.0 Å². The Morgan fingerprint density at radius 2 is 1.77 bits per heavy atom. The van der Waals surface area contributed by atoms with E-state index < -0.39 is 11.9 Å². The van der Waals surface area contributed by atoms with Crippen molar-refractivity contribution in [3.05, 3.63) is 56.4 Å². The lowest BCUT2D eigenvalue weighted by Gasteiger charge is -2.18. The highest BCUT2D eigenvalue weighted by atomic mass is 79.9. The van der Waals surface area contributed by atoms with E-state index in [1.165, 1.54) is 6.08 Å². The number of amides is 2. The van der Waals surface area contributed by atoms with Crippen LogP contribution in [-0.2, 0) is 9.53 Å². The molecule has 0 aliphatic carbocycles. The molecule has 1 aromatic carbocycles. The number of hydrogen-bond donors (Lipinski definition) is 1. The van der Waals surface area contributed by atoms with Crippen molar-refractivity contribution in [1.82, 2.24) is 4.90 Å². The van der Waals surface area contributed by atoms with Crippen LogP contribution in [0.1, 0.15) is 51.9 Å². The molecule has 1 heterocycles. The highest BCUT2D eigenvalue weighted by Crippen LogP contribution is 2.34. The van der Waals surface area contributed by atoms with Crippen LogP contribution in [0.25, 0.3) is 6.08 Å². The Bertz CT molecular complexity index is 947. The molecule has 0 spiro atoms. The fourth-order valence-corrected chi connectivity index (χ4v) is 4.24. The molecule has 2 amide bonds. The van der Waals surface area contributed by atoms with Crippen molar-refractivity contribution in [2.75, 3.05) is 25.0 Å². The summed E-state index contributed by atoms with van der Waals surface area (Å²) in [5.74, 6) is -1.12. The summed E-state index contributed by atoms with van der Waals surface area (Å²) in [5.41, 5.74) is 1.60. The first-order chi connectivity index (χ1) is 14.3. The van der Waals surface area contributed by atoms with Gasteiger partial charge in [-0.1, -0.05) is 28.1 Å². The summed E-state index contributed by atoms with van der Waals surface area (Å²) >= 11 is 4.46. The van der Waals surface area contributed by atoms with Crippen molar-refractivity contribution >= 4 is 56.1 Å². The average Bonchev–Trinajstić information content (AvgIpc) is 3.04. The first-order valence-corrected chi connectivity index (χ1v) is 11.3. The Labute approximate surface area is 189 Å². The molecule has 8 heteroatoms. The van der Waals surface area contributed by atoms with Crippen LogP contribution in [0.2, 0.25) is 0 Å². The molecule has 0 saturated carbocycles. The Kier molecular flexibility index (Phi) is 8.80. The summed E-state index contributed by atoms with van der Waals surface area (Å²) in [6.45, 7) is 8.51. The van der Waals surface area contributed by atoms with E-state index in [4.69, 9.17) is 4.74 Å². The summed E-state index contributed by atoms with van der Waals surface area (Å²) in [5, 5.41) is 3.05. The van der Waals surface area contributed by atoms with Crippen LogP contribution < -0.4 is 5.32 Å². The Morgan fingerprint density at radius 1 is 1.13 bits per heavy atom. The largest absolute Gasteiger partial charge is 0.462 e. The van der Waals surface area contributed by atoms with Crippen LogP contribution in [0.15, 0.2) is 34.8 Å². The zero-order valence-electron chi connectivity index (χ0n) is 17.5. The minimum atomic E-state index is -0.558. The van der Waals surface area contributed by atoms with Gasteiger partial charge in [-0.15, -0.1) is 11.3 Å². The molecule has 160 valence electrons. The van der Waals surface area contributed by atoms with E-state index in [1.54, 1.807) is 24.8 Å². The number of hydrogen-bond acceptors (Lipinski definition) is 5. The number of carbonyl (C=O) groups excluding carboxylic acids is 3. The zero-order chi connectivity index (χ0) is 22.3. The molecule has 0 unspecified atom stereocenters. The van der Waals surface area contributed by atoms with Crippen LogP contribution in [-0.4, -0.2) is 42.4 Å². The van der Waals surface area contributed by atoms with Gasteiger partial charge in [-0.2, -0.15) is 0 Å². The monoisotopic (exact) mass is 492 g/mol. The molecule has 0 atom stereocenters. The second-order valence-corrected chi connectivity index (χ2v) is 8.27. The number of carbonyl (C=O) groups is 3. The van der Waals surface area contributed by atoms with Gasteiger partial charge >= 0.3 is 5.97 Å². The van der Waals surface area contributed by atoms with Gasteiger partial charge in [0, 0.05) is 23.6 Å². The van der Waals surface area contributed by atoms with Crippen LogP contribution in [0.5, 0.6) is 0 Å². The molecule has 0 aliphatic rings. The van der Waals surface area contributed by atoms with Crippen molar-refractivity contribution in [1.29, 1.82) is 0 Å². The predicted molar refractivity (Wildman–Crippen MR) is 124 cm³/mol. The fraction of sp³-hybridized carbons (Fsp3) is 0.318. The second kappa shape index (κ2) is 11.1. The Hall–Kier alpha value is -2.45. The van der Waals surface area contributed by atoms with Gasteiger partial charge in [-0.3, -0.25) is 9.59 Å². The van der Waals surface area contributed by atoms with Crippen LogP contribution in [0, 0.1) is 6.92 Å². The highest BCUT2D eigenvalue weighted by molar-refractivity contribution is 9.10. The normalized spacial score (nSPS) is 10.8. The number of benzene rings is 1. The number of thiophene rings is 1. The molecule has 1 aromatic heterocycles. The highest BCUT2D eigenvalue weighted by Gasteiger charge is 2.27. The first kappa shape index (κ1) is 23.8. The minimum Gasteiger partial charge on any atom is -0.462 e. The molecule has 0 radical (unpaired) electrons. The number of rotatable bonds is 8. The number of nitrogens with zero attached hydrogens (tertiary/aromatic N) is 1. The van der Waals surface area contributed by atoms with Crippen LogP contribution >= 0.6 is 27.3 Å². The summed E-state index contributed by atoms with van der Waals surface area (Å²) in [7, 11) is 0. The maximum Gasteiger partial charge on any atom is 0.341 e. The van der Waals surface area contributed by atoms with Crippen molar-refractivity contribution in [3.8, 4) is 0 Å².